The standard InChI is InChI=1S/C14H27N/c1-10(2)7-14-12-5-6-13(14)9-15(8-12)11(3)4/h10-14H,5-9H2,1-4H3. The van der Waals surface area contributed by atoms with Crippen LogP contribution in [0, 0.1) is 23.7 Å². The van der Waals surface area contributed by atoms with Crippen molar-refractivity contribution in [1.29, 1.82) is 0 Å². The molecule has 0 amide bonds. The number of likely N-dealkylation sites (tertiary alicyclic amines) is 1. The number of piperidine rings is 1. The second-order valence-corrected chi connectivity index (χ2v) is 6.44. The molecule has 0 radical (unpaired) electrons. The van der Waals surface area contributed by atoms with Gasteiger partial charge < -0.3 is 4.90 Å². The Labute approximate surface area is 95.2 Å². The molecule has 1 nitrogen and oxygen atoms in total. The van der Waals surface area contributed by atoms with E-state index >= 15 is 0 Å². The molecule has 2 bridgehead atoms. The summed E-state index contributed by atoms with van der Waals surface area (Å²) in [5.41, 5.74) is 0. The van der Waals surface area contributed by atoms with Gasteiger partial charge in [-0.05, 0) is 56.8 Å². The topological polar surface area (TPSA) is 3.24 Å². The number of nitrogens with zero attached hydrogens (tertiary/aromatic N) is 1. The van der Waals surface area contributed by atoms with Gasteiger partial charge in [0.15, 0.2) is 0 Å². The van der Waals surface area contributed by atoms with Crippen LogP contribution < -0.4 is 0 Å². The summed E-state index contributed by atoms with van der Waals surface area (Å²) in [4.78, 5) is 2.71. The van der Waals surface area contributed by atoms with Crippen LogP contribution in [0.5, 0.6) is 0 Å². The molecule has 1 heterocycles. The fourth-order valence-corrected chi connectivity index (χ4v) is 3.72. The summed E-state index contributed by atoms with van der Waals surface area (Å²) in [6.07, 6.45) is 4.48. The van der Waals surface area contributed by atoms with E-state index in [0.29, 0.717) is 0 Å². The maximum Gasteiger partial charge on any atom is 0.00388 e. The zero-order valence-electron chi connectivity index (χ0n) is 10.9. The van der Waals surface area contributed by atoms with E-state index in [-0.39, 0.29) is 0 Å². The molecule has 2 aliphatic rings. The lowest BCUT2D eigenvalue weighted by Gasteiger charge is -2.40. The summed E-state index contributed by atoms with van der Waals surface area (Å²) >= 11 is 0. The lowest BCUT2D eigenvalue weighted by atomic mass is 9.79. The van der Waals surface area contributed by atoms with E-state index in [0.717, 1.165) is 29.7 Å². The van der Waals surface area contributed by atoms with Crippen molar-refractivity contribution in [2.45, 2.75) is 53.0 Å². The third kappa shape index (κ3) is 2.38. The van der Waals surface area contributed by atoms with Crippen LogP contribution in [-0.2, 0) is 0 Å². The largest absolute Gasteiger partial charge is 0.300 e. The molecule has 0 aromatic rings. The van der Waals surface area contributed by atoms with Crippen molar-refractivity contribution in [3.05, 3.63) is 0 Å². The second-order valence-electron chi connectivity index (χ2n) is 6.44. The lowest BCUT2D eigenvalue weighted by molar-refractivity contribution is 0.0735. The van der Waals surface area contributed by atoms with E-state index in [1.807, 2.05) is 0 Å². The van der Waals surface area contributed by atoms with E-state index in [4.69, 9.17) is 0 Å². The van der Waals surface area contributed by atoms with Gasteiger partial charge in [-0.3, -0.25) is 0 Å². The first kappa shape index (κ1) is 11.4. The molecule has 15 heavy (non-hydrogen) atoms. The van der Waals surface area contributed by atoms with Crippen LogP contribution >= 0.6 is 0 Å². The molecule has 1 saturated carbocycles. The Morgan fingerprint density at radius 1 is 1.00 bits per heavy atom. The summed E-state index contributed by atoms with van der Waals surface area (Å²) in [6.45, 7) is 12.2. The number of hydrogen-bond donors (Lipinski definition) is 0. The maximum atomic E-state index is 2.71. The average molecular weight is 209 g/mol. The van der Waals surface area contributed by atoms with Crippen molar-refractivity contribution in [1.82, 2.24) is 4.90 Å². The maximum absolute atomic E-state index is 2.71. The molecule has 2 atom stereocenters. The highest BCUT2D eigenvalue weighted by atomic mass is 15.2. The minimum Gasteiger partial charge on any atom is -0.300 e. The highest BCUT2D eigenvalue weighted by molar-refractivity contribution is 4.93. The molecule has 1 heteroatoms. The summed E-state index contributed by atoms with van der Waals surface area (Å²) in [5, 5.41) is 0. The Balaban J connectivity index is 1.97. The van der Waals surface area contributed by atoms with E-state index in [1.54, 1.807) is 0 Å². The van der Waals surface area contributed by atoms with Crippen LogP contribution in [0.15, 0.2) is 0 Å². The predicted molar refractivity (Wildman–Crippen MR) is 65.9 cm³/mol. The van der Waals surface area contributed by atoms with Crippen molar-refractivity contribution < 1.29 is 0 Å². The Morgan fingerprint density at radius 2 is 1.53 bits per heavy atom. The fraction of sp³-hybridized carbons (Fsp3) is 1.00. The quantitative estimate of drug-likeness (QED) is 0.688. The van der Waals surface area contributed by atoms with Gasteiger partial charge in [-0.1, -0.05) is 13.8 Å². The second kappa shape index (κ2) is 4.45. The van der Waals surface area contributed by atoms with Crippen molar-refractivity contribution in [2.75, 3.05) is 13.1 Å². The van der Waals surface area contributed by atoms with Gasteiger partial charge in [0.05, 0.1) is 0 Å². The molecule has 0 spiro atoms. The van der Waals surface area contributed by atoms with Crippen LogP contribution in [0.1, 0.15) is 47.0 Å². The van der Waals surface area contributed by atoms with Crippen molar-refractivity contribution in [2.24, 2.45) is 23.7 Å². The van der Waals surface area contributed by atoms with Crippen LogP contribution in [0.3, 0.4) is 0 Å². The number of hydrogen-bond acceptors (Lipinski definition) is 1. The van der Waals surface area contributed by atoms with Crippen molar-refractivity contribution >= 4 is 0 Å². The monoisotopic (exact) mass is 209 g/mol. The molecular weight excluding hydrogens is 182 g/mol. The van der Waals surface area contributed by atoms with Gasteiger partial charge >= 0.3 is 0 Å². The van der Waals surface area contributed by atoms with Crippen LogP contribution in [0.4, 0.5) is 0 Å². The first-order valence-corrected chi connectivity index (χ1v) is 6.82. The molecule has 0 N–H and O–H groups in total. The molecule has 1 aliphatic heterocycles. The normalized spacial score (nSPS) is 36.8. The molecule has 88 valence electrons. The molecule has 0 aromatic heterocycles. The van der Waals surface area contributed by atoms with Gasteiger partial charge in [-0.25, -0.2) is 0 Å². The first-order valence-electron chi connectivity index (χ1n) is 6.82. The minimum absolute atomic E-state index is 0.758. The Morgan fingerprint density at radius 3 is 1.93 bits per heavy atom. The third-order valence-corrected chi connectivity index (χ3v) is 4.53. The van der Waals surface area contributed by atoms with E-state index < -0.39 is 0 Å². The predicted octanol–water partition coefficient (Wildman–Crippen LogP) is 3.40. The van der Waals surface area contributed by atoms with E-state index in [2.05, 4.69) is 32.6 Å². The third-order valence-electron chi connectivity index (χ3n) is 4.53. The molecular formula is C14H27N. The van der Waals surface area contributed by atoms with Gasteiger partial charge in [-0.15, -0.1) is 0 Å². The van der Waals surface area contributed by atoms with Crippen LogP contribution in [0.2, 0.25) is 0 Å². The Hall–Kier alpha value is -0.0400. The lowest BCUT2D eigenvalue weighted by Crippen LogP contribution is -2.45. The van der Waals surface area contributed by atoms with Crippen molar-refractivity contribution in [3.8, 4) is 0 Å². The smallest absolute Gasteiger partial charge is 0.00388 e. The molecule has 2 rings (SSSR count). The van der Waals surface area contributed by atoms with E-state index in [9.17, 15) is 0 Å². The summed E-state index contributed by atoms with van der Waals surface area (Å²) in [6, 6.07) is 0.758. The first-order chi connectivity index (χ1) is 7.08. The van der Waals surface area contributed by atoms with Crippen molar-refractivity contribution in [3.63, 3.8) is 0 Å². The Bertz CT molecular complexity index is 195. The Kier molecular flexibility index (Phi) is 3.39. The summed E-state index contributed by atoms with van der Waals surface area (Å²) < 4.78 is 0. The van der Waals surface area contributed by atoms with E-state index in [1.165, 1.54) is 32.4 Å². The molecule has 2 unspecified atom stereocenters. The van der Waals surface area contributed by atoms with Gasteiger partial charge in [0, 0.05) is 19.1 Å². The minimum atomic E-state index is 0.758. The molecule has 0 aromatic carbocycles. The highest BCUT2D eigenvalue weighted by Crippen LogP contribution is 2.45. The van der Waals surface area contributed by atoms with Gasteiger partial charge in [0.1, 0.15) is 0 Å². The van der Waals surface area contributed by atoms with Gasteiger partial charge in [-0.2, -0.15) is 0 Å². The number of rotatable bonds is 3. The zero-order valence-corrected chi connectivity index (χ0v) is 10.9. The fourth-order valence-electron chi connectivity index (χ4n) is 3.72. The molecule has 1 aliphatic carbocycles. The molecule has 1 saturated heterocycles. The van der Waals surface area contributed by atoms with Gasteiger partial charge in [0.2, 0.25) is 0 Å². The molecule has 2 fully saturated rings. The van der Waals surface area contributed by atoms with Crippen LogP contribution in [-0.4, -0.2) is 24.0 Å². The zero-order chi connectivity index (χ0) is 11.0. The summed E-state index contributed by atoms with van der Waals surface area (Å²) in [7, 11) is 0. The summed E-state index contributed by atoms with van der Waals surface area (Å²) in [5.74, 6) is 3.99. The number of fused-ring (bicyclic) bond motifs is 2. The van der Waals surface area contributed by atoms with Gasteiger partial charge in [0.25, 0.3) is 0 Å². The highest BCUT2D eigenvalue weighted by Gasteiger charge is 2.42. The average Bonchev–Trinajstić information content (AvgIpc) is 2.40. The SMILES string of the molecule is CC(C)CC1C2CCC1CN(C(C)C)C2. The van der Waals surface area contributed by atoms with Crippen LogP contribution in [0.25, 0.3) is 0 Å².